The molecular formula is C25H34O11. The lowest BCUT2D eigenvalue weighted by molar-refractivity contribution is -0.277. The molecule has 1 saturated heterocycles. The summed E-state index contributed by atoms with van der Waals surface area (Å²) < 4.78 is 22.2. The number of phenols is 1. The highest BCUT2D eigenvalue weighted by Gasteiger charge is 2.45. The summed E-state index contributed by atoms with van der Waals surface area (Å²) in [5.41, 5.74) is 1.57. The number of methoxy groups -OCH3 is 1. The van der Waals surface area contributed by atoms with E-state index in [1.54, 1.807) is 36.4 Å². The monoisotopic (exact) mass is 510 g/mol. The molecule has 1 aliphatic heterocycles. The van der Waals surface area contributed by atoms with Gasteiger partial charge in [0, 0.05) is 13.0 Å². The van der Waals surface area contributed by atoms with E-state index in [0.29, 0.717) is 18.4 Å². The summed E-state index contributed by atoms with van der Waals surface area (Å²) in [6.07, 6.45) is -6.34. The topological polar surface area (TPSA) is 179 Å². The fourth-order valence-electron chi connectivity index (χ4n) is 3.91. The number of aryl methyl sites for hydroxylation is 1. The lowest BCUT2D eigenvalue weighted by Gasteiger charge is -2.39. The highest BCUT2D eigenvalue weighted by atomic mass is 16.7. The Morgan fingerprint density at radius 1 is 0.889 bits per heavy atom. The van der Waals surface area contributed by atoms with E-state index in [9.17, 15) is 30.6 Å². The number of rotatable bonds is 12. The van der Waals surface area contributed by atoms with Gasteiger partial charge in [-0.05, 0) is 48.2 Å². The van der Waals surface area contributed by atoms with Crippen LogP contribution in [0.2, 0.25) is 0 Å². The molecule has 3 rings (SSSR count). The van der Waals surface area contributed by atoms with Gasteiger partial charge in [0.1, 0.15) is 30.5 Å². The van der Waals surface area contributed by atoms with Gasteiger partial charge in [0.15, 0.2) is 23.0 Å². The maximum absolute atomic E-state index is 10.3. The van der Waals surface area contributed by atoms with E-state index in [1.807, 2.05) is 0 Å². The molecule has 11 nitrogen and oxygen atoms in total. The number of hydrogen-bond acceptors (Lipinski definition) is 11. The van der Waals surface area contributed by atoms with Gasteiger partial charge in [-0.2, -0.15) is 0 Å². The van der Waals surface area contributed by atoms with Crippen LogP contribution in [-0.2, 0) is 17.6 Å². The Hall–Kier alpha value is -2.64. The molecule has 0 radical (unpaired) electrons. The van der Waals surface area contributed by atoms with Crippen LogP contribution in [0.1, 0.15) is 17.5 Å². The van der Waals surface area contributed by atoms with Crippen molar-refractivity contribution in [3.8, 4) is 23.0 Å². The highest BCUT2D eigenvalue weighted by molar-refractivity contribution is 5.44. The zero-order valence-corrected chi connectivity index (χ0v) is 19.9. The summed E-state index contributed by atoms with van der Waals surface area (Å²) in [6, 6.07) is 9.84. The lowest BCUT2D eigenvalue weighted by atomic mass is 9.99. The van der Waals surface area contributed by atoms with Crippen LogP contribution in [0.3, 0.4) is 0 Å². The number of aromatic hydroxyl groups is 1. The third kappa shape index (κ3) is 6.77. The van der Waals surface area contributed by atoms with Gasteiger partial charge in [-0.25, -0.2) is 0 Å². The summed E-state index contributed by atoms with van der Waals surface area (Å²) in [6.45, 7) is -0.844. The van der Waals surface area contributed by atoms with Crippen LogP contribution in [0.5, 0.6) is 23.0 Å². The van der Waals surface area contributed by atoms with Gasteiger partial charge in [0.05, 0.1) is 20.3 Å². The molecule has 1 heterocycles. The van der Waals surface area contributed by atoms with Gasteiger partial charge in [0.2, 0.25) is 6.29 Å². The van der Waals surface area contributed by atoms with Crippen LogP contribution >= 0.6 is 0 Å². The van der Waals surface area contributed by atoms with Gasteiger partial charge < -0.3 is 54.7 Å². The van der Waals surface area contributed by atoms with Crippen molar-refractivity contribution in [2.75, 3.05) is 26.9 Å². The summed E-state index contributed by atoms with van der Waals surface area (Å²) >= 11 is 0. The second kappa shape index (κ2) is 13.1. The van der Waals surface area contributed by atoms with E-state index < -0.39 is 43.4 Å². The van der Waals surface area contributed by atoms with Crippen LogP contribution in [0.4, 0.5) is 0 Å². The molecule has 2 aromatic carbocycles. The molecule has 0 aliphatic carbocycles. The van der Waals surface area contributed by atoms with Crippen molar-refractivity contribution in [3.63, 3.8) is 0 Å². The molecule has 0 saturated carbocycles. The van der Waals surface area contributed by atoms with Crippen LogP contribution in [0, 0.1) is 0 Å². The minimum atomic E-state index is -1.58. The van der Waals surface area contributed by atoms with E-state index in [4.69, 9.17) is 24.1 Å². The first kappa shape index (κ1) is 27.9. The molecule has 1 fully saturated rings. The minimum absolute atomic E-state index is 0.0570. The van der Waals surface area contributed by atoms with E-state index in [2.05, 4.69) is 0 Å². The lowest BCUT2D eigenvalue weighted by Crippen LogP contribution is -2.60. The van der Waals surface area contributed by atoms with Crippen LogP contribution in [0.25, 0.3) is 0 Å². The average molecular weight is 511 g/mol. The van der Waals surface area contributed by atoms with Crippen LogP contribution < -0.4 is 14.2 Å². The predicted octanol–water partition coefficient (Wildman–Crippen LogP) is -0.513. The van der Waals surface area contributed by atoms with Gasteiger partial charge in [-0.15, -0.1) is 0 Å². The average Bonchev–Trinajstić information content (AvgIpc) is 2.89. The van der Waals surface area contributed by atoms with Crippen molar-refractivity contribution >= 4 is 0 Å². The Labute approximate surface area is 208 Å². The molecule has 0 spiro atoms. The number of benzene rings is 2. The number of hydrogen-bond donors (Lipinski definition) is 7. The second-order valence-electron chi connectivity index (χ2n) is 8.56. The van der Waals surface area contributed by atoms with Crippen molar-refractivity contribution in [1.82, 2.24) is 0 Å². The Balaban J connectivity index is 1.68. The molecular weight excluding hydrogens is 476 g/mol. The van der Waals surface area contributed by atoms with E-state index in [1.165, 1.54) is 7.11 Å². The van der Waals surface area contributed by atoms with Gasteiger partial charge >= 0.3 is 0 Å². The molecule has 11 heteroatoms. The number of ether oxygens (including phenoxy) is 4. The molecule has 1 aliphatic rings. The van der Waals surface area contributed by atoms with Crippen molar-refractivity contribution in [1.29, 1.82) is 0 Å². The molecule has 0 aromatic heterocycles. The van der Waals surface area contributed by atoms with Crippen LogP contribution in [0.15, 0.2) is 36.4 Å². The van der Waals surface area contributed by atoms with Crippen molar-refractivity contribution in [2.24, 2.45) is 0 Å². The summed E-state index contributed by atoms with van der Waals surface area (Å²) in [4.78, 5) is 0. The third-order valence-electron chi connectivity index (χ3n) is 5.93. The number of phenolic OH excluding ortho intramolecular Hbond substituents is 1. The summed E-state index contributed by atoms with van der Waals surface area (Å²) in [7, 11) is 1.41. The molecule has 0 amide bonds. The van der Waals surface area contributed by atoms with Crippen LogP contribution in [-0.4, -0.2) is 99.5 Å². The predicted molar refractivity (Wildman–Crippen MR) is 126 cm³/mol. The zero-order valence-electron chi connectivity index (χ0n) is 19.9. The van der Waals surface area contributed by atoms with Gasteiger partial charge in [-0.3, -0.25) is 0 Å². The maximum Gasteiger partial charge on any atom is 0.229 e. The van der Waals surface area contributed by atoms with E-state index in [-0.39, 0.29) is 42.6 Å². The Kier molecular flexibility index (Phi) is 10.1. The Morgan fingerprint density at radius 3 is 2.25 bits per heavy atom. The Morgan fingerprint density at radius 2 is 1.61 bits per heavy atom. The first-order valence-electron chi connectivity index (χ1n) is 11.7. The standard InChI is InChI=1S/C25H34O11/c1-33-20-11-15(5-7-19(20)35-25-24(32)23(31)22(30)21(13-28)36-25)9-16(12-27)34-18-6-4-14(3-2-8-26)10-17(18)29/h4-7,10-11,16,21-32H,2-3,8-9,12-13H2,1H3/t16-,21-,22-,23+,24-,25-/m1/s1. The molecule has 36 heavy (non-hydrogen) atoms. The largest absolute Gasteiger partial charge is 0.504 e. The molecule has 0 unspecified atom stereocenters. The first-order chi connectivity index (χ1) is 17.3. The summed E-state index contributed by atoms with van der Waals surface area (Å²) in [5.74, 6) is 0.612. The fraction of sp³-hybridized carbons (Fsp3) is 0.520. The SMILES string of the molecule is COc1cc(C[C@H](CO)Oc2ccc(CCCO)cc2O)ccc1O[C@@H]1O[C@H](CO)[C@@H](O)[C@H](O)[C@H]1O. The molecule has 200 valence electrons. The number of aliphatic hydroxyl groups is 6. The van der Waals surface area contributed by atoms with Crippen molar-refractivity contribution in [3.05, 3.63) is 47.5 Å². The second-order valence-corrected chi connectivity index (χ2v) is 8.56. The summed E-state index contributed by atoms with van der Waals surface area (Å²) in [5, 5.41) is 68.5. The highest BCUT2D eigenvalue weighted by Crippen LogP contribution is 2.33. The molecule has 6 atom stereocenters. The van der Waals surface area contributed by atoms with Crippen molar-refractivity contribution < 1.29 is 54.7 Å². The first-order valence-corrected chi connectivity index (χ1v) is 11.7. The maximum atomic E-state index is 10.3. The molecule has 7 N–H and O–H groups in total. The normalized spacial score (nSPS) is 24.8. The fourth-order valence-corrected chi connectivity index (χ4v) is 3.91. The Bertz CT molecular complexity index is 967. The quantitative estimate of drug-likeness (QED) is 0.195. The van der Waals surface area contributed by atoms with E-state index >= 15 is 0 Å². The smallest absolute Gasteiger partial charge is 0.229 e. The van der Waals surface area contributed by atoms with Crippen molar-refractivity contribution in [2.45, 2.75) is 56.1 Å². The van der Waals surface area contributed by atoms with E-state index in [0.717, 1.165) is 5.56 Å². The third-order valence-corrected chi connectivity index (χ3v) is 5.93. The molecule has 2 aromatic rings. The van der Waals surface area contributed by atoms with Gasteiger partial charge in [-0.1, -0.05) is 12.1 Å². The minimum Gasteiger partial charge on any atom is -0.504 e. The van der Waals surface area contributed by atoms with Gasteiger partial charge in [0.25, 0.3) is 0 Å². The molecule has 0 bridgehead atoms. The number of aliphatic hydroxyl groups excluding tert-OH is 6. The zero-order chi connectivity index (χ0) is 26.2.